The first-order valence-electron chi connectivity index (χ1n) is 10.6. The maximum Gasteiger partial charge on any atom is 0.349 e. The number of aryl methyl sites for hydroxylation is 2. The lowest BCUT2D eigenvalue weighted by molar-refractivity contribution is 0.0760. The molecule has 11 heteroatoms. The second-order valence-corrected chi connectivity index (χ2v) is 9.87. The summed E-state index contributed by atoms with van der Waals surface area (Å²) < 4.78 is 40.1. The zero-order valence-corrected chi connectivity index (χ0v) is 19.8. The molecule has 10 nitrogen and oxygen atoms in total. The number of para-hydroxylation sites is 1. The Labute approximate surface area is 191 Å². The minimum atomic E-state index is -3.77. The molecule has 2 aromatic heterocycles. The van der Waals surface area contributed by atoms with Crippen LogP contribution in [0.4, 0.5) is 0 Å². The lowest BCUT2D eigenvalue weighted by atomic mass is 10.1. The highest BCUT2D eigenvalue weighted by Crippen LogP contribution is 2.26. The van der Waals surface area contributed by atoms with Crippen LogP contribution in [0.2, 0.25) is 0 Å². The van der Waals surface area contributed by atoms with Crippen LogP contribution in [0.25, 0.3) is 11.0 Å². The molecule has 1 fully saturated rings. The van der Waals surface area contributed by atoms with Crippen molar-refractivity contribution in [1.29, 1.82) is 0 Å². The zero-order chi connectivity index (χ0) is 23.9. The van der Waals surface area contributed by atoms with Gasteiger partial charge in [0, 0.05) is 38.6 Å². The van der Waals surface area contributed by atoms with E-state index in [0.29, 0.717) is 35.5 Å². The Kier molecular flexibility index (Phi) is 6.02. The Morgan fingerprint density at radius 1 is 1.15 bits per heavy atom. The number of fused-ring (bicyclic) bond motifs is 1. The molecule has 33 heavy (non-hydrogen) atoms. The lowest BCUT2D eigenvalue weighted by Crippen LogP contribution is -2.38. The van der Waals surface area contributed by atoms with Crippen LogP contribution in [-0.2, 0) is 17.1 Å². The molecule has 0 spiro atoms. The van der Waals surface area contributed by atoms with Gasteiger partial charge < -0.3 is 14.1 Å². The van der Waals surface area contributed by atoms with E-state index in [2.05, 4.69) is 5.10 Å². The number of hydrogen-bond donors (Lipinski definition) is 0. The molecule has 1 saturated heterocycles. The number of sulfonamides is 1. The second kappa shape index (κ2) is 8.64. The summed E-state index contributed by atoms with van der Waals surface area (Å²) in [6.45, 7) is 4.26. The lowest BCUT2D eigenvalue weighted by Gasteiger charge is -2.22. The van der Waals surface area contributed by atoms with Gasteiger partial charge in [-0.05, 0) is 32.4 Å². The van der Waals surface area contributed by atoms with Gasteiger partial charge in [0.05, 0.1) is 18.5 Å². The van der Waals surface area contributed by atoms with E-state index in [1.807, 2.05) is 0 Å². The molecule has 0 saturated carbocycles. The van der Waals surface area contributed by atoms with Crippen molar-refractivity contribution in [3.05, 3.63) is 51.6 Å². The van der Waals surface area contributed by atoms with Gasteiger partial charge >= 0.3 is 5.63 Å². The number of carbonyl (C=O) groups excluding carboxylic acids is 1. The maximum atomic E-state index is 13.3. The van der Waals surface area contributed by atoms with Crippen LogP contribution < -0.4 is 10.4 Å². The number of nitrogens with zero attached hydrogens (tertiary/aromatic N) is 4. The molecule has 0 unspecified atom stereocenters. The average Bonchev–Trinajstić information content (AvgIpc) is 2.95. The molecular weight excluding hydrogens is 448 g/mol. The molecule has 0 N–H and O–H groups in total. The van der Waals surface area contributed by atoms with E-state index in [4.69, 9.17) is 9.15 Å². The van der Waals surface area contributed by atoms with Crippen LogP contribution >= 0.6 is 0 Å². The predicted octanol–water partition coefficient (Wildman–Crippen LogP) is 1.69. The molecule has 176 valence electrons. The standard InChI is InChI=1S/C22H26N4O6S/c1-14-20(15(2)24(3)23-14)33(29,30)26-10-6-9-25(11-12-26)21(27)17-13-16-7-5-8-18(31-4)19(16)32-22(17)28/h5,7-8,13H,6,9-12H2,1-4H3. The van der Waals surface area contributed by atoms with E-state index < -0.39 is 21.6 Å². The average molecular weight is 475 g/mol. The SMILES string of the molecule is COc1cccc2cc(C(=O)N3CCCN(S(=O)(=O)c4c(C)nn(C)c4C)CC3)c(=O)oc12. The van der Waals surface area contributed by atoms with Crippen molar-refractivity contribution in [3.8, 4) is 5.75 Å². The highest BCUT2D eigenvalue weighted by atomic mass is 32.2. The van der Waals surface area contributed by atoms with E-state index >= 15 is 0 Å². The largest absolute Gasteiger partial charge is 0.493 e. The summed E-state index contributed by atoms with van der Waals surface area (Å²) in [6.07, 6.45) is 0.441. The fraction of sp³-hybridized carbons (Fsp3) is 0.409. The van der Waals surface area contributed by atoms with Gasteiger partial charge in [0.1, 0.15) is 10.5 Å². The van der Waals surface area contributed by atoms with E-state index in [1.165, 1.54) is 22.4 Å². The number of hydrogen-bond acceptors (Lipinski definition) is 7. The van der Waals surface area contributed by atoms with Crippen LogP contribution in [0.1, 0.15) is 28.2 Å². The number of ether oxygens (including phenoxy) is 1. The highest BCUT2D eigenvalue weighted by Gasteiger charge is 2.33. The molecule has 0 radical (unpaired) electrons. The van der Waals surface area contributed by atoms with Gasteiger partial charge in [0.25, 0.3) is 5.91 Å². The molecule has 1 aliphatic rings. The van der Waals surface area contributed by atoms with Gasteiger partial charge in [-0.15, -0.1) is 0 Å². The number of aromatic nitrogens is 2. The molecule has 0 bridgehead atoms. The van der Waals surface area contributed by atoms with Crippen LogP contribution in [0, 0.1) is 13.8 Å². The first kappa shape index (κ1) is 23.0. The molecule has 1 aromatic carbocycles. The Bertz CT molecular complexity index is 1390. The molecule has 0 atom stereocenters. The molecular formula is C22H26N4O6S. The molecule has 0 aliphatic carbocycles. The smallest absolute Gasteiger partial charge is 0.349 e. The van der Waals surface area contributed by atoms with Gasteiger partial charge in [-0.25, -0.2) is 13.2 Å². The van der Waals surface area contributed by atoms with Crippen LogP contribution in [0.3, 0.4) is 0 Å². The summed E-state index contributed by atoms with van der Waals surface area (Å²) in [7, 11) is -0.592. The Hall–Kier alpha value is -3.18. The van der Waals surface area contributed by atoms with Gasteiger partial charge in [-0.2, -0.15) is 9.40 Å². The second-order valence-electron chi connectivity index (χ2n) is 8.00. The van der Waals surface area contributed by atoms with Crippen molar-refractivity contribution in [1.82, 2.24) is 19.0 Å². The maximum absolute atomic E-state index is 13.3. The highest BCUT2D eigenvalue weighted by molar-refractivity contribution is 7.89. The fourth-order valence-electron chi connectivity index (χ4n) is 4.19. The molecule has 3 aromatic rings. The topological polar surface area (TPSA) is 115 Å². The van der Waals surface area contributed by atoms with E-state index in [0.717, 1.165) is 0 Å². The van der Waals surface area contributed by atoms with Crippen molar-refractivity contribution in [3.63, 3.8) is 0 Å². The van der Waals surface area contributed by atoms with Crippen molar-refractivity contribution in [2.75, 3.05) is 33.3 Å². The van der Waals surface area contributed by atoms with Crippen LogP contribution in [0.15, 0.2) is 38.4 Å². The number of amides is 1. The normalized spacial score (nSPS) is 15.6. The van der Waals surface area contributed by atoms with Crippen molar-refractivity contribution in [2.24, 2.45) is 7.05 Å². The zero-order valence-electron chi connectivity index (χ0n) is 19.0. The first-order chi connectivity index (χ1) is 15.6. The number of carbonyl (C=O) groups is 1. The predicted molar refractivity (Wildman–Crippen MR) is 121 cm³/mol. The minimum Gasteiger partial charge on any atom is -0.493 e. The van der Waals surface area contributed by atoms with E-state index in [9.17, 15) is 18.0 Å². The third-order valence-corrected chi connectivity index (χ3v) is 8.11. The molecule has 1 amide bonds. The van der Waals surface area contributed by atoms with Gasteiger partial charge in [0.2, 0.25) is 10.0 Å². The molecule has 3 heterocycles. The van der Waals surface area contributed by atoms with Crippen molar-refractivity contribution < 1.29 is 22.4 Å². The summed E-state index contributed by atoms with van der Waals surface area (Å²) in [5.41, 5.74) is 0.431. The summed E-state index contributed by atoms with van der Waals surface area (Å²) in [5, 5.41) is 4.79. The van der Waals surface area contributed by atoms with Crippen molar-refractivity contribution >= 4 is 26.9 Å². The summed E-state index contributed by atoms with van der Waals surface area (Å²) in [5.74, 6) is -0.0818. The van der Waals surface area contributed by atoms with Crippen LogP contribution in [0.5, 0.6) is 5.75 Å². The number of methoxy groups -OCH3 is 1. The third-order valence-electron chi connectivity index (χ3n) is 5.96. The first-order valence-corrected chi connectivity index (χ1v) is 12.0. The van der Waals surface area contributed by atoms with Gasteiger partial charge in [0.15, 0.2) is 11.3 Å². The molecule has 4 rings (SSSR count). The van der Waals surface area contributed by atoms with Crippen molar-refractivity contribution in [2.45, 2.75) is 25.2 Å². The van der Waals surface area contributed by atoms with E-state index in [1.54, 1.807) is 43.8 Å². The molecule has 1 aliphatic heterocycles. The third kappa shape index (κ3) is 4.02. The summed E-state index contributed by atoms with van der Waals surface area (Å²) in [4.78, 5) is 27.4. The number of benzene rings is 1. The van der Waals surface area contributed by atoms with Gasteiger partial charge in [-0.3, -0.25) is 9.48 Å². The Balaban J connectivity index is 1.59. The Morgan fingerprint density at radius 3 is 2.58 bits per heavy atom. The minimum absolute atomic E-state index is 0.0917. The van der Waals surface area contributed by atoms with Crippen LogP contribution in [-0.4, -0.2) is 66.6 Å². The Morgan fingerprint density at radius 2 is 1.91 bits per heavy atom. The van der Waals surface area contributed by atoms with Gasteiger partial charge in [-0.1, -0.05) is 12.1 Å². The monoisotopic (exact) mass is 474 g/mol. The number of rotatable bonds is 4. The van der Waals surface area contributed by atoms with E-state index in [-0.39, 0.29) is 35.7 Å². The quantitative estimate of drug-likeness (QED) is 0.529. The fourth-order valence-corrected chi connectivity index (χ4v) is 6.06. The summed E-state index contributed by atoms with van der Waals surface area (Å²) in [6, 6.07) is 6.63. The summed E-state index contributed by atoms with van der Waals surface area (Å²) >= 11 is 0.